The standard InChI is InChI=1S/C27H28B3N3O4S/c1-16(2)10-17-11-19-22(12-21(17)35-4)36-13-20-23(31-33(24(19)20)18-6-9-38-14-18)25(34)32-8-5-7-26(32,3)15-37-27(28,29)30/h6,9-12,14H,5,7-8,13,15H2,1-4H3. The molecule has 0 N–H and O–H groups in total. The van der Waals surface area contributed by atoms with Crippen molar-refractivity contribution in [3.05, 3.63) is 51.4 Å². The lowest BCUT2D eigenvalue weighted by Crippen LogP contribution is -2.51. The molecule has 190 valence electrons. The summed E-state index contributed by atoms with van der Waals surface area (Å²) in [4.78, 5) is 15.9. The zero-order valence-electron chi connectivity index (χ0n) is 22.1. The third kappa shape index (κ3) is 4.94. The molecule has 5 rings (SSSR count). The largest absolute Gasteiger partial charge is 0.496 e. The molecular formula is C27H28B3N3O4S. The summed E-state index contributed by atoms with van der Waals surface area (Å²) in [6.45, 7) is 6.90. The van der Waals surface area contributed by atoms with Crippen LogP contribution in [0.2, 0.25) is 0 Å². The predicted octanol–water partition coefficient (Wildman–Crippen LogP) is 4.05. The minimum atomic E-state index is -1.78. The van der Waals surface area contributed by atoms with Gasteiger partial charge in [-0.3, -0.25) is 4.79 Å². The Bertz CT molecular complexity index is 1390. The van der Waals surface area contributed by atoms with Gasteiger partial charge < -0.3 is 19.1 Å². The molecule has 1 unspecified atom stereocenters. The summed E-state index contributed by atoms with van der Waals surface area (Å²) in [6, 6.07) is 5.92. The van der Waals surface area contributed by atoms with Crippen molar-refractivity contribution in [2.24, 2.45) is 0 Å². The van der Waals surface area contributed by atoms with Crippen LogP contribution in [0.5, 0.6) is 11.5 Å². The maximum atomic E-state index is 14.1. The number of carbonyl (C=O) groups is 1. The Kier molecular flexibility index (Phi) is 7.03. The first-order chi connectivity index (χ1) is 18.0. The first kappa shape index (κ1) is 26.7. The lowest BCUT2D eigenvalue weighted by atomic mass is 9.52. The normalized spacial score (nSPS) is 18.5. The molecule has 11 heteroatoms. The van der Waals surface area contributed by atoms with Gasteiger partial charge >= 0.3 is 0 Å². The summed E-state index contributed by atoms with van der Waals surface area (Å²) in [6.07, 6.45) is 3.61. The van der Waals surface area contributed by atoms with E-state index in [1.54, 1.807) is 23.3 Å². The Morgan fingerprint density at radius 1 is 1.32 bits per heavy atom. The number of benzene rings is 1. The summed E-state index contributed by atoms with van der Waals surface area (Å²) in [7, 11) is 18.6. The Balaban J connectivity index is 1.63. The Morgan fingerprint density at radius 2 is 2.11 bits per heavy atom. The second-order valence-corrected chi connectivity index (χ2v) is 11.1. The molecular weight excluding hydrogens is 495 g/mol. The summed E-state index contributed by atoms with van der Waals surface area (Å²) >= 11 is 1.57. The van der Waals surface area contributed by atoms with Gasteiger partial charge in [0.05, 0.1) is 54.2 Å². The number of rotatable bonds is 7. The SMILES string of the molecule is [B]C([B])([B])OCC1(C)CCCN1C(=O)c1nn(-c2ccsc2)c2c1COc1cc(OC)c(C=C(C)C)cc1-2. The van der Waals surface area contributed by atoms with Gasteiger partial charge in [-0.2, -0.15) is 16.4 Å². The highest BCUT2D eigenvalue weighted by atomic mass is 32.1. The van der Waals surface area contributed by atoms with Gasteiger partial charge in [-0.15, -0.1) is 0 Å². The molecule has 0 spiro atoms. The number of fused-ring (bicyclic) bond motifs is 3. The van der Waals surface area contributed by atoms with E-state index in [1.165, 1.54) is 0 Å². The molecule has 2 aromatic heterocycles. The van der Waals surface area contributed by atoms with Crippen LogP contribution in [-0.2, 0) is 11.3 Å². The molecule has 1 amide bonds. The van der Waals surface area contributed by atoms with Crippen LogP contribution in [0.3, 0.4) is 0 Å². The molecule has 4 heterocycles. The van der Waals surface area contributed by atoms with Crippen molar-refractivity contribution in [1.29, 1.82) is 0 Å². The number of aromatic nitrogens is 2. The number of nitrogens with zero attached hydrogens (tertiary/aromatic N) is 3. The van der Waals surface area contributed by atoms with Crippen LogP contribution >= 0.6 is 11.3 Å². The number of amides is 1. The molecule has 0 aliphatic carbocycles. The summed E-state index contributed by atoms with van der Waals surface area (Å²) < 4.78 is 19.2. The first-order valence-electron chi connectivity index (χ1n) is 12.5. The zero-order chi connectivity index (χ0) is 27.2. The average molecular weight is 523 g/mol. The third-order valence-electron chi connectivity index (χ3n) is 6.97. The second kappa shape index (κ2) is 10.0. The monoisotopic (exact) mass is 523 g/mol. The fourth-order valence-electron chi connectivity index (χ4n) is 5.16. The minimum absolute atomic E-state index is 0.112. The van der Waals surface area contributed by atoms with Crippen molar-refractivity contribution in [1.82, 2.24) is 14.7 Å². The van der Waals surface area contributed by atoms with E-state index in [2.05, 4.69) is 6.08 Å². The highest BCUT2D eigenvalue weighted by Gasteiger charge is 2.43. The molecule has 2 aliphatic heterocycles. The fourth-order valence-corrected chi connectivity index (χ4v) is 5.78. The molecule has 2 aliphatic rings. The molecule has 1 aromatic carbocycles. The van der Waals surface area contributed by atoms with E-state index in [9.17, 15) is 4.79 Å². The van der Waals surface area contributed by atoms with Crippen molar-refractivity contribution >= 4 is 46.9 Å². The quantitative estimate of drug-likeness (QED) is 0.438. The lowest BCUT2D eigenvalue weighted by molar-refractivity contribution is 0.0180. The number of hydrogen-bond donors (Lipinski definition) is 0. The second-order valence-electron chi connectivity index (χ2n) is 10.4. The van der Waals surface area contributed by atoms with Gasteiger partial charge in [0, 0.05) is 34.7 Å². The number of allylic oxidation sites excluding steroid dienone is 1. The molecule has 1 fully saturated rings. The molecule has 38 heavy (non-hydrogen) atoms. The Labute approximate surface area is 231 Å². The maximum Gasteiger partial charge on any atom is 0.275 e. The molecule has 0 saturated carbocycles. The zero-order valence-corrected chi connectivity index (χ0v) is 22.9. The van der Waals surface area contributed by atoms with Crippen molar-refractivity contribution in [3.63, 3.8) is 0 Å². The van der Waals surface area contributed by atoms with Crippen LogP contribution in [0, 0.1) is 0 Å². The highest BCUT2D eigenvalue weighted by Crippen LogP contribution is 2.45. The van der Waals surface area contributed by atoms with E-state index in [-0.39, 0.29) is 19.1 Å². The molecule has 7 nitrogen and oxygen atoms in total. The van der Waals surface area contributed by atoms with Gasteiger partial charge in [0.2, 0.25) is 0 Å². The molecule has 0 bridgehead atoms. The van der Waals surface area contributed by atoms with Gasteiger partial charge in [-0.25, -0.2) is 4.68 Å². The Hall–Kier alpha value is -2.91. The summed E-state index contributed by atoms with van der Waals surface area (Å²) in [5.41, 5.74) is 5.08. The number of likely N-dealkylation sites (tertiary alicyclic amines) is 1. The van der Waals surface area contributed by atoms with Crippen LogP contribution in [0.25, 0.3) is 23.0 Å². The van der Waals surface area contributed by atoms with E-state index in [0.29, 0.717) is 18.0 Å². The number of ether oxygens (including phenoxy) is 3. The third-order valence-corrected chi connectivity index (χ3v) is 7.64. The van der Waals surface area contributed by atoms with Crippen molar-refractivity contribution in [3.8, 4) is 28.4 Å². The van der Waals surface area contributed by atoms with Crippen molar-refractivity contribution in [2.45, 2.75) is 51.1 Å². The number of methoxy groups -OCH3 is 1. The topological polar surface area (TPSA) is 65.8 Å². The van der Waals surface area contributed by atoms with E-state index in [4.69, 9.17) is 42.8 Å². The van der Waals surface area contributed by atoms with Crippen LogP contribution < -0.4 is 9.47 Å². The average Bonchev–Trinajstić information content (AvgIpc) is 3.60. The van der Waals surface area contributed by atoms with Crippen molar-refractivity contribution < 1.29 is 19.0 Å². The molecule has 1 atom stereocenters. The van der Waals surface area contributed by atoms with Crippen LogP contribution in [0.15, 0.2) is 34.5 Å². The number of carbonyl (C=O) groups excluding carboxylic acids is 1. The smallest absolute Gasteiger partial charge is 0.275 e. The van der Waals surface area contributed by atoms with E-state index >= 15 is 0 Å². The minimum Gasteiger partial charge on any atom is -0.496 e. The summed E-state index contributed by atoms with van der Waals surface area (Å²) in [5, 5.41) is 7.10. The maximum absolute atomic E-state index is 14.1. The first-order valence-corrected chi connectivity index (χ1v) is 13.4. The van der Waals surface area contributed by atoms with Gasteiger partial charge in [0.1, 0.15) is 18.1 Å². The Morgan fingerprint density at radius 3 is 2.76 bits per heavy atom. The molecule has 6 radical (unpaired) electrons. The van der Waals surface area contributed by atoms with E-state index < -0.39 is 10.8 Å². The van der Waals surface area contributed by atoms with Gasteiger partial charge in [0.15, 0.2) is 5.69 Å². The highest BCUT2D eigenvalue weighted by molar-refractivity contribution is 7.08. The van der Waals surface area contributed by atoms with E-state index in [0.717, 1.165) is 52.2 Å². The lowest BCUT2D eigenvalue weighted by Gasteiger charge is -2.37. The van der Waals surface area contributed by atoms with Crippen molar-refractivity contribution in [2.75, 3.05) is 20.3 Å². The van der Waals surface area contributed by atoms with Crippen LogP contribution in [0.4, 0.5) is 0 Å². The van der Waals surface area contributed by atoms with Gasteiger partial charge in [-0.1, -0.05) is 11.6 Å². The molecule has 3 aromatic rings. The van der Waals surface area contributed by atoms with Crippen LogP contribution in [0.1, 0.15) is 55.2 Å². The number of thiophene rings is 1. The van der Waals surface area contributed by atoms with E-state index in [1.807, 2.05) is 54.4 Å². The fraction of sp³-hybridized carbons (Fsp3) is 0.407. The predicted molar refractivity (Wildman–Crippen MR) is 152 cm³/mol. The van der Waals surface area contributed by atoms with Gasteiger partial charge in [0.25, 0.3) is 5.91 Å². The number of hydrogen-bond acceptors (Lipinski definition) is 6. The van der Waals surface area contributed by atoms with Crippen LogP contribution in [-0.4, -0.2) is 75.2 Å². The summed E-state index contributed by atoms with van der Waals surface area (Å²) in [5.74, 6) is 1.20. The molecule has 1 saturated heterocycles. The van der Waals surface area contributed by atoms with Gasteiger partial charge in [-0.05, 0) is 56.4 Å².